The summed E-state index contributed by atoms with van der Waals surface area (Å²) in [6.07, 6.45) is -5.10. The fraction of sp³-hybridized carbons (Fsp3) is 0.0606. The second-order valence-corrected chi connectivity index (χ2v) is 10.5. The molecule has 4 aromatic carbocycles. The minimum Gasteiger partial charge on any atom is -0.449 e. The van der Waals surface area contributed by atoms with Gasteiger partial charge in [-0.25, -0.2) is 9.48 Å². The maximum Gasteiger partial charge on any atom is 0.453 e. The van der Waals surface area contributed by atoms with Gasteiger partial charge in [0, 0.05) is 16.1 Å². The van der Waals surface area contributed by atoms with Gasteiger partial charge in [0.2, 0.25) is 11.2 Å². The van der Waals surface area contributed by atoms with E-state index in [4.69, 9.17) is 37.1 Å². The average Bonchev–Trinajstić information content (AvgIpc) is 3.38. The van der Waals surface area contributed by atoms with Gasteiger partial charge in [0.05, 0.1) is 11.1 Å². The quantitative estimate of drug-likeness (QED) is 0.132. The molecule has 7 nitrogen and oxygen atoms in total. The van der Waals surface area contributed by atoms with Crippen molar-refractivity contribution in [2.45, 2.75) is 13.1 Å². The number of rotatable bonds is 6. The van der Waals surface area contributed by atoms with Crippen LogP contribution in [0.5, 0.6) is 17.2 Å². The number of fused-ring (bicyclic) bond motifs is 1. The first-order valence-corrected chi connectivity index (χ1v) is 14.0. The van der Waals surface area contributed by atoms with E-state index in [-0.39, 0.29) is 38.9 Å². The molecule has 0 fully saturated rings. The number of hydrogen-bond acceptors (Lipinski definition) is 6. The predicted octanol–water partition coefficient (Wildman–Crippen LogP) is 9.29. The Morgan fingerprint density at radius 3 is 2.18 bits per heavy atom. The molecule has 0 spiro atoms. The van der Waals surface area contributed by atoms with Crippen molar-refractivity contribution in [1.82, 2.24) is 9.78 Å². The molecule has 0 amide bonds. The second kappa shape index (κ2) is 11.8. The molecule has 0 aliphatic rings. The number of para-hydroxylation sites is 1. The van der Waals surface area contributed by atoms with Crippen molar-refractivity contribution in [3.05, 3.63) is 134 Å². The summed E-state index contributed by atoms with van der Waals surface area (Å²) in [5.74, 6) is -3.84. The topological polar surface area (TPSA) is 83.6 Å². The number of aryl methyl sites for hydroxylation is 1. The number of carbonyl (C=O) groups excluding carboxylic acids is 1. The first-order valence-electron chi connectivity index (χ1n) is 13.3. The summed E-state index contributed by atoms with van der Waals surface area (Å²) in [6, 6.07) is 25.6. The predicted molar refractivity (Wildman–Crippen MR) is 163 cm³/mol. The zero-order chi connectivity index (χ0) is 31.9. The Morgan fingerprint density at radius 1 is 0.889 bits per heavy atom. The first-order chi connectivity index (χ1) is 21.5. The average molecular weight is 651 g/mol. The van der Waals surface area contributed by atoms with Crippen LogP contribution >= 0.6 is 23.2 Å². The Balaban J connectivity index is 1.44. The largest absolute Gasteiger partial charge is 0.453 e. The third-order valence-corrected chi connectivity index (χ3v) is 7.39. The molecule has 0 aliphatic heterocycles. The maximum atomic E-state index is 14.1. The highest BCUT2D eigenvalue weighted by molar-refractivity contribution is 6.33. The Morgan fingerprint density at radius 2 is 1.53 bits per heavy atom. The molecule has 6 aromatic rings. The molecule has 0 unspecified atom stereocenters. The lowest BCUT2D eigenvalue weighted by molar-refractivity contribution is -0.154. The number of halogens is 5. The van der Waals surface area contributed by atoms with Gasteiger partial charge in [0.25, 0.3) is 5.76 Å². The molecule has 0 radical (unpaired) electrons. The van der Waals surface area contributed by atoms with Crippen LogP contribution in [0, 0.1) is 6.92 Å². The smallest absolute Gasteiger partial charge is 0.449 e. The molecule has 0 atom stereocenters. The van der Waals surface area contributed by atoms with Crippen molar-refractivity contribution >= 4 is 40.1 Å². The molecule has 6 rings (SSSR count). The summed E-state index contributed by atoms with van der Waals surface area (Å²) in [5, 5.41) is 4.63. The van der Waals surface area contributed by atoms with E-state index in [0.717, 1.165) is 0 Å². The van der Waals surface area contributed by atoms with Crippen molar-refractivity contribution in [2.75, 3.05) is 0 Å². The van der Waals surface area contributed by atoms with E-state index in [1.807, 2.05) is 6.07 Å². The number of esters is 1. The molecule has 2 heterocycles. The molecule has 12 heteroatoms. The number of hydrogen-bond donors (Lipinski definition) is 0. The Labute approximate surface area is 263 Å². The fourth-order valence-electron chi connectivity index (χ4n) is 4.64. The van der Waals surface area contributed by atoms with Crippen LogP contribution in [-0.2, 0) is 6.18 Å². The molecule has 0 saturated carbocycles. The van der Waals surface area contributed by atoms with Crippen LogP contribution in [0.2, 0.25) is 10.2 Å². The molecular formula is C33H19Cl2F3N2O5. The van der Waals surface area contributed by atoms with Gasteiger partial charge in [-0.3, -0.25) is 4.79 Å². The van der Waals surface area contributed by atoms with E-state index in [1.54, 1.807) is 54.6 Å². The van der Waals surface area contributed by atoms with Gasteiger partial charge in [-0.15, -0.1) is 0 Å². The summed E-state index contributed by atoms with van der Waals surface area (Å²) < 4.78 is 60.1. The Hall–Kier alpha value is -5.06. The zero-order valence-electron chi connectivity index (χ0n) is 23.1. The lowest BCUT2D eigenvalue weighted by atomic mass is 10.1. The summed E-state index contributed by atoms with van der Waals surface area (Å²) in [4.78, 5) is 27.0. The number of nitrogens with zero attached hydrogens (tertiary/aromatic N) is 2. The summed E-state index contributed by atoms with van der Waals surface area (Å²) in [6.45, 7) is 1.36. The summed E-state index contributed by atoms with van der Waals surface area (Å²) in [5.41, 5.74) is -0.232. The summed E-state index contributed by atoms with van der Waals surface area (Å²) in [7, 11) is 0. The molecule has 45 heavy (non-hydrogen) atoms. The van der Waals surface area contributed by atoms with Gasteiger partial charge in [0.15, 0.2) is 0 Å². The van der Waals surface area contributed by atoms with E-state index >= 15 is 0 Å². The van der Waals surface area contributed by atoms with Crippen LogP contribution < -0.4 is 14.9 Å². The van der Waals surface area contributed by atoms with Gasteiger partial charge in [0.1, 0.15) is 33.5 Å². The second-order valence-electron chi connectivity index (χ2n) is 9.73. The van der Waals surface area contributed by atoms with Crippen molar-refractivity contribution in [2.24, 2.45) is 0 Å². The number of ether oxygens (including phenoxy) is 2. The number of carbonyl (C=O) groups is 1. The number of alkyl halides is 3. The lowest BCUT2D eigenvalue weighted by Gasteiger charge is -2.15. The van der Waals surface area contributed by atoms with Crippen LogP contribution in [0.4, 0.5) is 13.2 Å². The minimum atomic E-state index is -5.10. The van der Waals surface area contributed by atoms with Gasteiger partial charge in [-0.05, 0) is 55.5 Å². The van der Waals surface area contributed by atoms with E-state index in [0.29, 0.717) is 16.3 Å². The lowest BCUT2D eigenvalue weighted by Crippen LogP contribution is -2.16. The third kappa shape index (κ3) is 5.77. The van der Waals surface area contributed by atoms with E-state index in [1.165, 1.54) is 48.0 Å². The van der Waals surface area contributed by atoms with Crippen molar-refractivity contribution in [1.29, 1.82) is 0 Å². The van der Waals surface area contributed by atoms with Crippen LogP contribution in [0.25, 0.3) is 27.9 Å². The molecule has 226 valence electrons. The van der Waals surface area contributed by atoms with E-state index in [9.17, 15) is 22.8 Å². The minimum absolute atomic E-state index is 0.0330. The zero-order valence-corrected chi connectivity index (χ0v) is 24.6. The normalized spacial score (nSPS) is 11.5. The van der Waals surface area contributed by atoms with Crippen molar-refractivity contribution in [3.63, 3.8) is 0 Å². The van der Waals surface area contributed by atoms with Crippen molar-refractivity contribution in [3.8, 4) is 34.2 Å². The Bertz CT molecular complexity index is 2110. The number of benzene rings is 4. The monoisotopic (exact) mass is 650 g/mol. The van der Waals surface area contributed by atoms with Gasteiger partial charge >= 0.3 is 12.1 Å². The summed E-state index contributed by atoms with van der Waals surface area (Å²) >= 11 is 12.5. The molecule has 0 saturated heterocycles. The molecule has 0 N–H and O–H groups in total. The van der Waals surface area contributed by atoms with Gasteiger partial charge < -0.3 is 13.9 Å². The Kier molecular flexibility index (Phi) is 7.86. The van der Waals surface area contributed by atoms with Crippen LogP contribution in [-0.4, -0.2) is 15.7 Å². The first kappa shape index (κ1) is 30.0. The van der Waals surface area contributed by atoms with Crippen LogP contribution in [0.15, 0.2) is 106 Å². The van der Waals surface area contributed by atoms with Gasteiger partial charge in [-0.2, -0.15) is 18.3 Å². The molecule has 0 aliphatic carbocycles. The van der Waals surface area contributed by atoms with E-state index < -0.39 is 34.7 Å². The molecule has 0 bridgehead atoms. The third-order valence-electron chi connectivity index (χ3n) is 6.79. The standard InChI is InChI=1S/C33H19Cl2F3N2O5/c1-18-24(17-16-23-27(41)29(30(33(36,37)38)45-28(18)23)43-22-14-12-20(34)13-15-22)44-32(42)25-26(19-8-4-2-5-9-19)39-40(31(25)35)21-10-6-3-7-11-21/h2-17H,1H3. The van der Waals surface area contributed by atoms with Crippen molar-refractivity contribution < 1.29 is 31.9 Å². The fourth-order valence-corrected chi connectivity index (χ4v) is 5.06. The number of aromatic nitrogens is 2. The van der Waals surface area contributed by atoms with Crippen LogP contribution in [0.3, 0.4) is 0 Å². The highest BCUT2D eigenvalue weighted by Crippen LogP contribution is 2.40. The van der Waals surface area contributed by atoms with Gasteiger partial charge in [-0.1, -0.05) is 71.7 Å². The maximum absolute atomic E-state index is 14.1. The van der Waals surface area contributed by atoms with Crippen LogP contribution in [0.1, 0.15) is 21.7 Å². The highest BCUT2D eigenvalue weighted by Gasteiger charge is 2.41. The SMILES string of the molecule is Cc1c(OC(=O)c2c(-c3ccccc3)nn(-c3ccccc3)c2Cl)ccc2c(=O)c(Oc3ccc(Cl)cc3)c(C(F)(F)F)oc12. The molecular weight excluding hydrogens is 632 g/mol. The van der Waals surface area contributed by atoms with E-state index in [2.05, 4.69) is 5.10 Å². The molecule has 2 aromatic heterocycles. The highest BCUT2D eigenvalue weighted by atomic mass is 35.5.